The van der Waals surface area contributed by atoms with Crippen LogP contribution in [0.15, 0.2) is 36.5 Å². The van der Waals surface area contributed by atoms with Crippen molar-refractivity contribution in [2.75, 3.05) is 5.32 Å². The molecule has 10 heteroatoms. The van der Waals surface area contributed by atoms with Crippen LogP contribution in [-0.4, -0.2) is 33.1 Å². The average molecular weight is 383 g/mol. The predicted octanol–water partition coefficient (Wildman–Crippen LogP) is 2.83. The molecule has 0 radical (unpaired) electrons. The molecule has 0 aliphatic heterocycles. The van der Waals surface area contributed by atoms with Crippen LogP contribution in [0.2, 0.25) is 0 Å². The van der Waals surface area contributed by atoms with Crippen LogP contribution in [0.3, 0.4) is 0 Å². The maximum absolute atomic E-state index is 12.5. The van der Waals surface area contributed by atoms with Crippen LogP contribution in [0.5, 0.6) is 5.75 Å². The average Bonchev–Trinajstić information content (AvgIpc) is 3.21. The lowest BCUT2D eigenvalue weighted by Crippen LogP contribution is -2.26. The number of nitrogens with one attached hydrogen (secondary N) is 1. The Kier molecular flexibility index (Phi) is 4.81. The van der Waals surface area contributed by atoms with Gasteiger partial charge in [-0.05, 0) is 37.0 Å². The van der Waals surface area contributed by atoms with E-state index in [-0.39, 0.29) is 24.0 Å². The number of carboxylic acid groups (broad SMARTS) is 1. The van der Waals surface area contributed by atoms with E-state index in [0.717, 1.165) is 0 Å². The van der Waals surface area contributed by atoms with Gasteiger partial charge in [0.15, 0.2) is 5.82 Å². The monoisotopic (exact) mass is 383 g/mol. The number of carbonyl (C=O) groups is 2. The Balaban J connectivity index is 1.60. The maximum Gasteiger partial charge on any atom is 0.573 e. The van der Waals surface area contributed by atoms with Gasteiger partial charge in [-0.25, -0.2) is 0 Å². The number of aromatic nitrogens is 2. The lowest BCUT2D eigenvalue weighted by Gasteiger charge is -2.15. The van der Waals surface area contributed by atoms with Crippen LogP contribution >= 0.6 is 0 Å². The van der Waals surface area contributed by atoms with Crippen molar-refractivity contribution in [1.29, 1.82) is 0 Å². The fraction of sp³-hybridized carbons (Fsp3) is 0.353. The summed E-state index contributed by atoms with van der Waals surface area (Å²) in [6, 6.07) is 6.92. The Morgan fingerprint density at radius 1 is 1.22 bits per heavy atom. The molecule has 144 valence electrons. The fourth-order valence-corrected chi connectivity index (χ4v) is 2.74. The summed E-state index contributed by atoms with van der Waals surface area (Å²) in [5, 5.41) is 15.4. The summed E-state index contributed by atoms with van der Waals surface area (Å²) in [4.78, 5) is 23.2. The third-order valence-electron chi connectivity index (χ3n) is 4.21. The summed E-state index contributed by atoms with van der Waals surface area (Å²) < 4.78 is 41.6. The Labute approximate surface area is 151 Å². The molecule has 1 saturated carbocycles. The van der Waals surface area contributed by atoms with E-state index >= 15 is 0 Å². The van der Waals surface area contributed by atoms with Crippen molar-refractivity contribution in [3.05, 3.63) is 42.1 Å². The molecular weight excluding hydrogens is 367 g/mol. The second-order valence-electron chi connectivity index (χ2n) is 6.40. The van der Waals surface area contributed by atoms with E-state index in [2.05, 4.69) is 15.2 Å². The molecular formula is C17H16F3N3O4. The third kappa shape index (κ3) is 4.99. The number of ether oxygens (including phenoxy) is 1. The SMILES string of the molecule is O=C(O)Cn1ccc(NC(=O)C2(Cc3ccc(OC(F)(F)F)cc3)CC2)n1. The summed E-state index contributed by atoms with van der Waals surface area (Å²) in [6.07, 6.45) is -1.63. The minimum Gasteiger partial charge on any atom is -0.480 e. The Morgan fingerprint density at radius 3 is 2.44 bits per heavy atom. The molecule has 2 N–H and O–H groups in total. The van der Waals surface area contributed by atoms with Crippen molar-refractivity contribution in [3.8, 4) is 5.75 Å². The summed E-state index contributed by atoms with van der Waals surface area (Å²) >= 11 is 0. The molecule has 1 aromatic carbocycles. The van der Waals surface area contributed by atoms with Gasteiger partial charge >= 0.3 is 12.3 Å². The van der Waals surface area contributed by atoms with Crippen LogP contribution in [0.4, 0.5) is 19.0 Å². The standard InChI is InChI=1S/C17H16F3N3O4/c18-17(19,20)27-12-3-1-11(2-4-12)9-16(6-7-16)15(26)21-13-5-8-23(22-13)10-14(24)25/h1-5,8H,6-7,9-10H2,(H,24,25)(H,21,22,26). The van der Waals surface area contributed by atoms with Gasteiger partial charge in [0.25, 0.3) is 0 Å². The van der Waals surface area contributed by atoms with Crippen molar-refractivity contribution in [3.63, 3.8) is 0 Å². The number of anilines is 1. The molecule has 7 nitrogen and oxygen atoms in total. The van der Waals surface area contributed by atoms with E-state index in [4.69, 9.17) is 5.11 Å². The number of rotatable bonds is 7. The highest BCUT2D eigenvalue weighted by molar-refractivity contribution is 5.96. The highest BCUT2D eigenvalue weighted by atomic mass is 19.4. The Morgan fingerprint density at radius 2 is 1.89 bits per heavy atom. The highest BCUT2D eigenvalue weighted by Gasteiger charge is 2.49. The van der Waals surface area contributed by atoms with E-state index in [1.165, 1.54) is 41.2 Å². The van der Waals surface area contributed by atoms with Gasteiger partial charge in [0.2, 0.25) is 5.91 Å². The van der Waals surface area contributed by atoms with Crippen LogP contribution in [0.25, 0.3) is 0 Å². The molecule has 2 aromatic rings. The first-order valence-corrected chi connectivity index (χ1v) is 8.07. The lowest BCUT2D eigenvalue weighted by atomic mass is 9.95. The summed E-state index contributed by atoms with van der Waals surface area (Å²) in [5.41, 5.74) is 0.0803. The number of halogens is 3. The van der Waals surface area contributed by atoms with Crippen molar-refractivity contribution in [1.82, 2.24) is 9.78 Å². The van der Waals surface area contributed by atoms with Gasteiger partial charge in [0, 0.05) is 12.3 Å². The molecule has 27 heavy (non-hydrogen) atoms. The highest BCUT2D eigenvalue weighted by Crippen LogP contribution is 2.49. The third-order valence-corrected chi connectivity index (χ3v) is 4.21. The quantitative estimate of drug-likeness (QED) is 0.767. The number of carbonyl (C=O) groups excluding carboxylic acids is 1. The van der Waals surface area contributed by atoms with Crippen molar-refractivity contribution >= 4 is 17.7 Å². The van der Waals surface area contributed by atoms with E-state index in [9.17, 15) is 22.8 Å². The number of aliphatic carboxylic acids is 1. The molecule has 0 unspecified atom stereocenters. The summed E-state index contributed by atoms with van der Waals surface area (Å²) in [5.74, 6) is -1.36. The van der Waals surface area contributed by atoms with Gasteiger partial charge in [-0.15, -0.1) is 13.2 Å². The smallest absolute Gasteiger partial charge is 0.480 e. The summed E-state index contributed by atoms with van der Waals surface area (Å²) in [7, 11) is 0. The van der Waals surface area contributed by atoms with Gasteiger partial charge in [0.1, 0.15) is 12.3 Å². The molecule has 1 aliphatic carbocycles. The number of carboxylic acids is 1. The van der Waals surface area contributed by atoms with Crippen molar-refractivity contribution in [2.45, 2.75) is 32.2 Å². The second kappa shape index (κ2) is 6.93. The number of amides is 1. The van der Waals surface area contributed by atoms with Crippen LogP contribution in [-0.2, 0) is 22.6 Å². The zero-order chi connectivity index (χ0) is 19.7. The number of benzene rings is 1. The number of nitrogens with zero attached hydrogens (tertiary/aromatic N) is 2. The molecule has 1 amide bonds. The first-order valence-electron chi connectivity index (χ1n) is 8.07. The van der Waals surface area contributed by atoms with Crippen LogP contribution in [0.1, 0.15) is 18.4 Å². The van der Waals surface area contributed by atoms with Gasteiger partial charge in [-0.3, -0.25) is 14.3 Å². The molecule has 0 saturated heterocycles. The fourth-order valence-electron chi connectivity index (χ4n) is 2.74. The van der Waals surface area contributed by atoms with E-state index in [1.807, 2.05) is 0 Å². The minimum absolute atomic E-state index is 0.251. The molecule has 1 aliphatic rings. The van der Waals surface area contributed by atoms with E-state index < -0.39 is 17.7 Å². The van der Waals surface area contributed by atoms with Gasteiger partial charge < -0.3 is 15.2 Å². The number of alkyl halides is 3. The largest absolute Gasteiger partial charge is 0.573 e. The second-order valence-corrected chi connectivity index (χ2v) is 6.40. The molecule has 1 fully saturated rings. The molecule has 0 atom stereocenters. The predicted molar refractivity (Wildman–Crippen MR) is 87.0 cm³/mol. The van der Waals surface area contributed by atoms with Gasteiger partial charge in [-0.2, -0.15) is 5.10 Å². The van der Waals surface area contributed by atoms with E-state index in [1.54, 1.807) is 0 Å². The molecule has 1 aromatic heterocycles. The van der Waals surface area contributed by atoms with Gasteiger partial charge in [-0.1, -0.05) is 12.1 Å². The summed E-state index contributed by atoms with van der Waals surface area (Å²) in [6.45, 7) is -0.312. The minimum atomic E-state index is -4.75. The zero-order valence-corrected chi connectivity index (χ0v) is 14.0. The van der Waals surface area contributed by atoms with Crippen molar-refractivity contribution in [2.24, 2.45) is 5.41 Å². The molecule has 3 rings (SSSR count). The number of hydrogen-bond acceptors (Lipinski definition) is 4. The first-order chi connectivity index (χ1) is 12.7. The zero-order valence-electron chi connectivity index (χ0n) is 14.0. The van der Waals surface area contributed by atoms with Crippen LogP contribution in [0, 0.1) is 5.41 Å². The molecule has 1 heterocycles. The molecule has 0 bridgehead atoms. The topological polar surface area (TPSA) is 93.5 Å². The normalized spacial score (nSPS) is 15.2. The lowest BCUT2D eigenvalue weighted by molar-refractivity contribution is -0.274. The van der Waals surface area contributed by atoms with E-state index in [0.29, 0.717) is 24.8 Å². The Hall–Kier alpha value is -3.04. The van der Waals surface area contributed by atoms with Crippen LogP contribution < -0.4 is 10.1 Å². The van der Waals surface area contributed by atoms with Gasteiger partial charge in [0.05, 0.1) is 5.41 Å². The first kappa shape index (κ1) is 18.7. The number of hydrogen-bond donors (Lipinski definition) is 2. The molecule has 0 spiro atoms. The van der Waals surface area contributed by atoms with Crippen molar-refractivity contribution < 1.29 is 32.6 Å². The maximum atomic E-state index is 12.5. The Bertz CT molecular complexity index is 842.